The average molecular weight is 275 g/mol. The van der Waals surface area contributed by atoms with Crippen LogP contribution in [0.4, 0.5) is 5.82 Å². The molecule has 1 N–H and O–H groups in total. The van der Waals surface area contributed by atoms with Crippen LogP contribution in [-0.2, 0) is 9.53 Å². The summed E-state index contributed by atoms with van der Waals surface area (Å²) in [4.78, 5) is 15.6. The fourth-order valence-electron chi connectivity index (χ4n) is 1.69. The van der Waals surface area contributed by atoms with E-state index in [0.717, 1.165) is 19.4 Å². The lowest BCUT2D eigenvalue weighted by Gasteiger charge is -2.09. The second kappa shape index (κ2) is 5.67. The lowest BCUT2D eigenvalue weighted by atomic mass is 10.2. The van der Waals surface area contributed by atoms with E-state index in [1.807, 2.05) is 0 Å². The maximum Gasteiger partial charge on any atom is 0.228 e. The Kier molecular flexibility index (Phi) is 4.20. The number of nitrogens with one attached hydrogen (secondary N) is 1. The van der Waals surface area contributed by atoms with Crippen LogP contribution in [-0.4, -0.2) is 23.6 Å². The first-order valence-electron chi connectivity index (χ1n) is 5.37. The summed E-state index contributed by atoms with van der Waals surface area (Å²) in [7, 11) is 0. The van der Waals surface area contributed by atoms with Gasteiger partial charge in [-0.3, -0.25) is 4.79 Å². The van der Waals surface area contributed by atoms with Crippen molar-refractivity contribution in [3.05, 3.63) is 22.3 Å². The van der Waals surface area contributed by atoms with Gasteiger partial charge in [0.05, 0.1) is 22.6 Å². The Morgan fingerprint density at radius 3 is 3.00 bits per heavy atom. The van der Waals surface area contributed by atoms with Crippen molar-refractivity contribution in [2.24, 2.45) is 0 Å². The molecule has 0 radical (unpaired) electrons. The Balaban J connectivity index is 1.90. The van der Waals surface area contributed by atoms with E-state index in [1.165, 1.54) is 12.3 Å². The predicted molar refractivity (Wildman–Crippen MR) is 66.5 cm³/mol. The number of aromatic nitrogens is 1. The van der Waals surface area contributed by atoms with Crippen LogP contribution in [0.3, 0.4) is 0 Å². The summed E-state index contributed by atoms with van der Waals surface area (Å²) in [5.41, 5.74) is 0. The highest BCUT2D eigenvalue weighted by molar-refractivity contribution is 6.42. The van der Waals surface area contributed by atoms with Crippen molar-refractivity contribution in [3.63, 3.8) is 0 Å². The highest BCUT2D eigenvalue weighted by atomic mass is 35.5. The molecule has 1 aliphatic heterocycles. The van der Waals surface area contributed by atoms with Gasteiger partial charge >= 0.3 is 0 Å². The highest BCUT2D eigenvalue weighted by Crippen LogP contribution is 2.23. The van der Waals surface area contributed by atoms with E-state index >= 15 is 0 Å². The number of hydrogen-bond acceptors (Lipinski definition) is 3. The summed E-state index contributed by atoms with van der Waals surface area (Å²) in [6, 6.07) is 1.53. The molecule has 0 aliphatic carbocycles. The molecule has 1 aliphatic rings. The third-order valence-corrected chi connectivity index (χ3v) is 3.22. The maximum atomic E-state index is 11.7. The number of hydrogen-bond donors (Lipinski definition) is 1. The van der Waals surface area contributed by atoms with E-state index in [4.69, 9.17) is 27.9 Å². The number of rotatable bonds is 3. The van der Waals surface area contributed by atoms with Gasteiger partial charge in [0.1, 0.15) is 5.82 Å². The molecule has 0 spiro atoms. The minimum Gasteiger partial charge on any atom is -0.378 e. The van der Waals surface area contributed by atoms with Gasteiger partial charge in [-0.2, -0.15) is 0 Å². The summed E-state index contributed by atoms with van der Waals surface area (Å²) < 4.78 is 5.38. The summed E-state index contributed by atoms with van der Waals surface area (Å²) in [5.74, 6) is 0.283. The van der Waals surface area contributed by atoms with Crippen molar-refractivity contribution in [1.29, 1.82) is 0 Å². The molecule has 1 atom stereocenters. The molecule has 1 saturated heterocycles. The molecule has 6 heteroatoms. The topological polar surface area (TPSA) is 51.2 Å². The standard InChI is InChI=1S/C11H12Cl2N2O2/c12-8-5-10(14-6-9(8)13)15-11(16)4-7-2-1-3-17-7/h5-7H,1-4H2,(H,14,15,16). The third kappa shape index (κ3) is 3.56. The molecule has 2 rings (SSSR count). The summed E-state index contributed by atoms with van der Waals surface area (Å²) in [6.45, 7) is 0.739. The fraction of sp³-hybridized carbons (Fsp3) is 0.455. The second-order valence-electron chi connectivity index (χ2n) is 3.87. The van der Waals surface area contributed by atoms with E-state index in [1.54, 1.807) is 0 Å². The normalized spacial score (nSPS) is 19.3. The lowest BCUT2D eigenvalue weighted by Crippen LogP contribution is -2.19. The third-order valence-electron chi connectivity index (χ3n) is 2.51. The molecule has 1 aromatic heterocycles. The predicted octanol–water partition coefficient (Wildman–Crippen LogP) is 2.90. The van der Waals surface area contributed by atoms with Gasteiger partial charge in [0.25, 0.3) is 0 Å². The Bertz CT molecular complexity index is 420. The number of halogens is 2. The zero-order valence-corrected chi connectivity index (χ0v) is 10.6. The molecule has 0 saturated carbocycles. The smallest absolute Gasteiger partial charge is 0.228 e. The zero-order chi connectivity index (χ0) is 12.3. The minimum absolute atomic E-state index is 0.0257. The van der Waals surface area contributed by atoms with Gasteiger partial charge in [0.2, 0.25) is 5.91 Å². The average Bonchev–Trinajstić information content (AvgIpc) is 2.76. The van der Waals surface area contributed by atoms with Crippen LogP contribution in [0.2, 0.25) is 10.0 Å². The first-order valence-corrected chi connectivity index (χ1v) is 6.13. The molecule has 4 nitrogen and oxygen atoms in total. The van der Waals surface area contributed by atoms with Crippen molar-refractivity contribution >= 4 is 34.9 Å². The quantitative estimate of drug-likeness (QED) is 0.922. The lowest BCUT2D eigenvalue weighted by molar-refractivity contribution is -0.118. The second-order valence-corrected chi connectivity index (χ2v) is 4.69. The first kappa shape index (κ1) is 12.6. The van der Waals surface area contributed by atoms with Gasteiger partial charge in [-0.25, -0.2) is 4.98 Å². The van der Waals surface area contributed by atoms with Gasteiger partial charge in [-0.1, -0.05) is 23.2 Å². The number of nitrogens with zero attached hydrogens (tertiary/aromatic N) is 1. The van der Waals surface area contributed by atoms with Crippen LogP contribution < -0.4 is 5.32 Å². The van der Waals surface area contributed by atoms with Crippen molar-refractivity contribution in [2.45, 2.75) is 25.4 Å². The summed E-state index contributed by atoms with van der Waals surface area (Å²) in [6.07, 6.45) is 3.73. The van der Waals surface area contributed by atoms with Crippen LogP contribution in [0, 0.1) is 0 Å². The van der Waals surface area contributed by atoms with Gasteiger partial charge < -0.3 is 10.1 Å². The number of ether oxygens (including phenoxy) is 1. The molecule has 1 unspecified atom stereocenters. The van der Waals surface area contributed by atoms with Crippen molar-refractivity contribution in [1.82, 2.24) is 4.98 Å². The van der Waals surface area contributed by atoms with E-state index < -0.39 is 0 Å². The van der Waals surface area contributed by atoms with Crippen molar-refractivity contribution in [3.8, 4) is 0 Å². The zero-order valence-electron chi connectivity index (χ0n) is 9.08. The minimum atomic E-state index is -0.122. The fourth-order valence-corrected chi connectivity index (χ4v) is 1.94. The van der Waals surface area contributed by atoms with Crippen LogP contribution in [0.25, 0.3) is 0 Å². The van der Waals surface area contributed by atoms with Gasteiger partial charge in [-0.05, 0) is 12.8 Å². The van der Waals surface area contributed by atoms with E-state index in [9.17, 15) is 4.79 Å². The molecular formula is C11H12Cl2N2O2. The summed E-state index contributed by atoms with van der Waals surface area (Å²) >= 11 is 11.5. The Hall–Kier alpha value is -0.840. The number of carbonyl (C=O) groups excluding carboxylic acids is 1. The van der Waals surface area contributed by atoms with Crippen LogP contribution in [0.5, 0.6) is 0 Å². The van der Waals surface area contributed by atoms with E-state index in [2.05, 4.69) is 10.3 Å². The van der Waals surface area contributed by atoms with Gasteiger partial charge in [0.15, 0.2) is 0 Å². The Morgan fingerprint density at radius 1 is 1.53 bits per heavy atom. The largest absolute Gasteiger partial charge is 0.378 e. The highest BCUT2D eigenvalue weighted by Gasteiger charge is 2.19. The van der Waals surface area contributed by atoms with E-state index in [-0.39, 0.29) is 12.0 Å². The summed E-state index contributed by atoms with van der Waals surface area (Å²) in [5, 5.41) is 3.40. The first-order chi connectivity index (χ1) is 8.15. The van der Waals surface area contributed by atoms with E-state index in [0.29, 0.717) is 22.3 Å². The molecule has 17 heavy (non-hydrogen) atoms. The van der Waals surface area contributed by atoms with Crippen molar-refractivity contribution < 1.29 is 9.53 Å². The number of carbonyl (C=O) groups is 1. The maximum absolute atomic E-state index is 11.7. The van der Waals surface area contributed by atoms with Gasteiger partial charge in [-0.15, -0.1) is 0 Å². The Morgan fingerprint density at radius 2 is 2.35 bits per heavy atom. The van der Waals surface area contributed by atoms with Crippen LogP contribution >= 0.6 is 23.2 Å². The van der Waals surface area contributed by atoms with Crippen LogP contribution in [0.15, 0.2) is 12.3 Å². The monoisotopic (exact) mass is 274 g/mol. The Labute approximate surface area is 109 Å². The van der Waals surface area contributed by atoms with Crippen LogP contribution in [0.1, 0.15) is 19.3 Å². The van der Waals surface area contributed by atoms with Crippen molar-refractivity contribution in [2.75, 3.05) is 11.9 Å². The molecular weight excluding hydrogens is 263 g/mol. The number of pyridine rings is 1. The molecule has 92 valence electrons. The molecule has 0 aromatic carbocycles. The molecule has 1 fully saturated rings. The molecule has 1 amide bonds. The van der Waals surface area contributed by atoms with Gasteiger partial charge in [0, 0.05) is 18.9 Å². The molecule has 2 heterocycles. The molecule has 1 aromatic rings. The molecule has 0 bridgehead atoms. The SMILES string of the molecule is O=C(CC1CCCO1)Nc1cc(Cl)c(Cl)cn1. The number of anilines is 1. The number of amides is 1.